The van der Waals surface area contributed by atoms with Gasteiger partial charge in [0.25, 0.3) is 0 Å². The van der Waals surface area contributed by atoms with Crippen LogP contribution in [0.3, 0.4) is 0 Å². The van der Waals surface area contributed by atoms with Gasteiger partial charge in [-0.2, -0.15) is 0 Å². The van der Waals surface area contributed by atoms with Gasteiger partial charge in [-0.3, -0.25) is 0 Å². The maximum atomic E-state index is 14.3. The second kappa shape index (κ2) is 7.29. The van der Waals surface area contributed by atoms with Crippen molar-refractivity contribution in [1.29, 1.82) is 0 Å². The Morgan fingerprint density at radius 2 is 2.07 bits per heavy atom. The number of nitrogens with one attached hydrogen (secondary N) is 1. The van der Waals surface area contributed by atoms with Gasteiger partial charge in [-0.15, -0.1) is 11.3 Å². The number of amides is 2. The smallest absolute Gasteiger partial charge is 0.312 e. The van der Waals surface area contributed by atoms with Crippen molar-refractivity contribution in [2.24, 2.45) is 0 Å². The molecular formula is C22H21BrFN3OS. The van der Waals surface area contributed by atoms with Crippen LogP contribution in [0.25, 0.3) is 5.00 Å². The third-order valence-electron chi connectivity index (χ3n) is 5.92. The van der Waals surface area contributed by atoms with Crippen molar-refractivity contribution in [3.05, 3.63) is 68.5 Å². The Morgan fingerprint density at radius 1 is 1.24 bits per heavy atom. The van der Waals surface area contributed by atoms with E-state index < -0.39 is 5.82 Å². The highest BCUT2D eigenvalue weighted by molar-refractivity contribution is 9.10. The lowest BCUT2D eigenvalue weighted by molar-refractivity contribution is 0.189. The number of benzene rings is 1. The molecular weight excluding hydrogens is 453 g/mol. The molecule has 29 heavy (non-hydrogen) atoms. The molecule has 0 spiro atoms. The average molecular weight is 474 g/mol. The van der Waals surface area contributed by atoms with Gasteiger partial charge in [-0.25, -0.2) is 9.18 Å². The first-order chi connectivity index (χ1) is 14.0. The van der Waals surface area contributed by atoms with Gasteiger partial charge in [0.05, 0.1) is 18.3 Å². The van der Waals surface area contributed by atoms with Crippen molar-refractivity contribution in [2.75, 3.05) is 5.32 Å². The van der Waals surface area contributed by atoms with Crippen LogP contribution < -0.4 is 5.32 Å². The zero-order valence-electron chi connectivity index (χ0n) is 16.0. The van der Waals surface area contributed by atoms with Crippen LogP contribution in [0.1, 0.15) is 47.5 Å². The van der Waals surface area contributed by atoms with Crippen LogP contribution in [-0.2, 0) is 19.4 Å². The van der Waals surface area contributed by atoms with Crippen LogP contribution in [0.4, 0.5) is 14.9 Å². The minimum atomic E-state index is -0.452. The maximum absolute atomic E-state index is 14.3. The van der Waals surface area contributed by atoms with Gasteiger partial charge in [0.15, 0.2) is 0 Å². The summed E-state index contributed by atoms with van der Waals surface area (Å²) in [6.45, 7) is 2.57. The summed E-state index contributed by atoms with van der Waals surface area (Å²) in [5, 5.41) is 4.01. The SMILES string of the molecule is C[C@@H]1c2cccn2-c2sc3c(c2CN1C(=O)Nc1ccc(Br)cc1F)CCCC3. The number of carbonyl (C=O) groups excluding carboxylic acids is 1. The molecule has 2 amide bonds. The number of thiophene rings is 1. The Labute approximate surface area is 181 Å². The van der Waals surface area contributed by atoms with E-state index in [9.17, 15) is 9.18 Å². The fourth-order valence-corrected chi connectivity index (χ4v) is 6.12. The van der Waals surface area contributed by atoms with Crippen LogP contribution in [0.5, 0.6) is 0 Å². The summed E-state index contributed by atoms with van der Waals surface area (Å²) in [7, 11) is 0. The van der Waals surface area contributed by atoms with E-state index in [1.807, 2.05) is 29.2 Å². The van der Waals surface area contributed by atoms with E-state index in [-0.39, 0.29) is 17.8 Å². The van der Waals surface area contributed by atoms with E-state index >= 15 is 0 Å². The molecule has 1 aliphatic carbocycles. The molecule has 0 unspecified atom stereocenters. The second-order valence-electron chi connectivity index (χ2n) is 7.66. The number of fused-ring (bicyclic) bond motifs is 5. The molecule has 1 N–H and O–H groups in total. The predicted octanol–water partition coefficient (Wildman–Crippen LogP) is 6.43. The van der Waals surface area contributed by atoms with Crippen LogP contribution in [0, 0.1) is 5.82 Å². The number of rotatable bonds is 1. The van der Waals surface area contributed by atoms with Crippen LogP contribution >= 0.6 is 27.3 Å². The summed E-state index contributed by atoms with van der Waals surface area (Å²) in [4.78, 5) is 16.5. The molecule has 0 fully saturated rings. The minimum absolute atomic E-state index is 0.123. The molecule has 3 heterocycles. The number of carbonyl (C=O) groups is 1. The number of nitrogens with zero attached hydrogens (tertiary/aromatic N) is 2. The zero-order valence-corrected chi connectivity index (χ0v) is 18.4. The lowest BCUT2D eigenvalue weighted by Gasteiger charge is -2.28. The Morgan fingerprint density at radius 3 is 2.90 bits per heavy atom. The molecule has 1 atom stereocenters. The van der Waals surface area contributed by atoms with Gasteiger partial charge < -0.3 is 14.8 Å². The van der Waals surface area contributed by atoms with E-state index in [0.29, 0.717) is 11.0 Å². The first-order valence-electron chi connectivity index (χ1n) is 9.86. The molecule has 1 aromatic carbocycles. The van der Waals surface area contributed by atoms with Crippen molar-refractivity contribution in [2.45, 2.75) is 45.2 Å². The number of urea groups is 1. The molecule has 0 radical (unpaired) electrons. The Kier molecular flexibility index (Phi) is 4.75. The fourth-order valence-electron chi connectivity index (χ4n) is 4.39. The number of hydrogen-bond acceptors (Lipinski definition) is 2. The van der Waals surface area contributed by atoms with Gasteiger partial charge in [0, 0.05) is 26.8 Å². The molecule has 3 aromatic rings. The Hall–Kier alpha value is -2.12. The summed E-state index contributed by atoms with van der Waals surface area (Å²) >= 11 is 5.12. The highest BCUT2D eigenvalue weighted by Gasteiger charge is 2.33. The van der Waals surface area contributed by atoms with Crippen molar-refractivity contribution in [1.82, 2.24) is 9.47 Å². The molecule has 4 nitrogen and oxygen atoms in total. The molecule has 0 saturated heterocycles. The Bertz CT molecular complexity index is 1110. The molecule has 5 rings (SSSR count). The average Bonchev–Trinajstić information content (AvgIpc) is 3.30. The maximum Gasteiger partial charge on any atom is 0.322 e. The standard InChI is InChI=1S/C22H21BrFN3OS/c1-13-19-6-4-10-26(19)21-16(15-5-2-3-7-20(15)29-21)12-27(13)22(28)25-18-9-8-14(23)11-17(18)24/h4,6,8-11,13H,2-3,5,7,12H2,1H3,(H,25,28)/t13-/m1/s1. The van der Waals surface area contributed by atoms with Gasteiger partial charge >= 0.3 is 6.03 Å². The summed E-state index contributed by atoms with van der Waals surface area (Å²) in [6, 6.07) is 8.37. The second-order valence-corrected chi connectivity index (χ2v) is 9.66. The minimum Gasteiger partial charge on any atom is -0.312 e. The lowest BCUT2D eigenvalue weighted by atomic mass is 9.95. The topological polar surface area (TPSA) is 37.3 Å². The van der Waals surface area contributed by atoms with Gasteiger partial charge in [-0.1, -0.05) is 15.9 Å². The highest BCUT2D eigenvalue weighted by Crippen LogP contribution is 2.42. The first-order valence-corrected chi connectivity index (χ1v) is 11.5. The number of aromatic nitrogens is 1. The van der Waals surface area contributed by atoms with Crippen molar-refractivity contribution < 1.29 is 9.18 Å². The summed E-state index contributed by atoms with van der Waals surface area (Å²) < 4.78 is 17.2. The molecule has 1 aliphatic heterocycles. The number of anilines is 1. The van der Waals surface area contributed by atoms with E-state index in [2.05, 4.69) is 38.1 Å². The van der Waals surface area contributed by atoms with Crippen molar-refractivity contribution in [3.63, 3.8) is 0 Å². The number of hydrogen-bond donors (Lipinski definition) is 1. The Balaban J connectivity index is 1.54. The first kappa shape index (κ1) is 18.9. The van der Waals surface area contributed by atoms with Crippen LogP contribution in [0.15, 0.2) is 41.0 Å². The predicted molar refractivity (Wildman–Crippen MR) is 117 cm³/mol. The van der Waals surface area contributed by atoms with Crippen molar-refractivity contribution >= 4 is 39.0 Å². The largest absolute Gasteiger partial charge is 0.322 e. The van der Waals surface area contributed by atoms with Gasteiger partial charge in [0.2, 0.25) is 0 Å². The van der Waals surface area contributed by atoms with E-state index in [1.165, 1.54) is 39.9 Å². The fraction of sp³-hybridized carbons (Fsp3) is 0.318. The number of aryl methyl sites for hydroxylation is 1. The lowest BCUT2D eigenvalue weighted by Crippen LogP contribution is -2.36. The normalized spacial score (nSPS) is 17.9. The van der Waals surface area contributed by atoms with Crippen LogP contribution in [-0.4, -0.2) is 15.5 Å². The molecule has 7 heteroatoms. The molecule has 0 saturated carbocycles. The zero-order chi connectivity index (χ0) is 20.1. The molecule has 0 bridgehead atoms. The molecule has 2 aromatic heterocycles. The third-order valence-corrected chi connectivity index (χ3v) is 7.74. The van der Waals surface area contributed by atoms with Crippen LogP contribution in [0.2, 0.25) is 0 Å². The summed E-state index contributed by atoms with van der Waals surface area (Å²) in [6.07, 6.45) is 6.70. The van der Waals surface area contributed by atoms with Gasteiger partial charge in [0.1, 0.15) is 10.8 Å². The summed E-state index contributed by atoms with van der Waals surface area (Å²) in [5.41, 5.74) is 3.93. The van der Waals surface area contributed by atoms with Gasteiger partial charge in [-0.05, 0) is 68.5 Å². The van der Waals surface area contributed by atoms with E-state index in [4.69, 9.17) is 0 Å². The monoisotopic (exact) mass is 473 g/mol. The quantitative estimate of drug-likeness (QED) is 0.434. The molecule has 150 valence electrons. The van der Waals surface area contributed by atoms with Crippen molar-refractivity contribution in [3.8, 4) is 5.00 Å². The molecule has 2 aliphatic rings. The number of halogens is 2. The van der Waals surface area contributed by atoms with E-state index in [0.717, 1.165) is 18.5 Å². The summed E-state index contributed by atoms with van der Waals surface area (Å²) in [5.74, 6) is -0.452. The van der Waals surface area contributed by atoms with E-state index in [1.54, 1.807) is 12.1 Å². The highest BCUT2D eigenvalue weighted by atomic mass is 79.9. The third kappa shape index (κ3) is 3.20.